The molecule has 9 nitrogen and oxygen atoms in total. The fourth-order valence-electron chi connectivity index (χ4n) is 2.17. The van der Waals surface area contributed by atoms with E-state index in [0.29, 0.717) is 11.4 Å². The summed E-state index contributed by atoms with van der Waals surface area (Å²) in [5.74, 6) is -1.45. The molecule has 0 radical (unpaired) electrons. The molecule has 2 heterocycles. The summed E-state index contributed by atoms with van der Waals surface area (Å²) < 4.78 is 5.92. The Morgan fingerprint density at radius 2 is 1.92 bits per heavy atom. The molecule has 0 saturated heterocycles. The number of carboxylic acids is 1. The lowest BCUT2D eigenvalue weighted by molar-refractivity contribution is 0.0685. The highest BCUT2D eigenvalue weighted by atomic mass is 32.1. The molecular weight excluding hydrogens is 348 g/mol. The Kier molecular flexibility index (Phi) is 4.19. The molecule has 0 saturated carbocycles. The number of hydrogen-bond acceptors (Lipinski definition) is 7. The van der Waals surface area contributed by atoms with E-state index in [-0.39, 0.29) is 15.5 Å². The second-order valence-corrected chi connectivity index (χ2v) is 5.95. The van der Waals surface area contributed by atoms with Crippen LogP contribution < -0.4 is 15.6 Å². The van der Waals surface area contributed by atoms with Crippen LogP contribution in [0.5, 0.6) is 5.75 Å². The zero-order chi connectivity index (χ0) is 18.1. The van der Waals surface area contributed by atoms with Crippen LogP contribution in [0.4, 0.5) is 5.69 Å². The number of carboxylic acid groups (broad SMARTS) is 1. The van der Waals surface area contributed by atoms with Gasteiger partial charge in [0.15, 0.2) is 5.69 Å². The number of anilines is 1. The molecule has 2 aromatic heterocycles. The van der Waals surface area contributed by atoms with Crippen LogP contribution in [0.3, 0.4) is 0 Å². The van der Waals surface area contributed by atoms with Gasteiger partial charge in [0.2, 0.25) is 4.96 Å². The summed E-state index contributed by atoms with van der Waals surface area (Å²) >= 11 is 0.782. The van der Waals surface area contributed by atoms with Crippen molar-refractivity contribution >= 4 is 33.9 Å². The van der Waals surface area contributed by atoms with Crippen molar-refractivity contribution in [1.82, 2.24) is 14.6 Å². The van der Waals surface area contributed by atoms with Crippen LogP contribution in [0, 0.1) is 6.92 Å². The van der Waals surface area contributed by atoms with Gasteiger partial charge in [-0.05, 0) is 31.2 Å². The maximum atomic E-state index is 12.5. The molecule has 0 aliphatic rings. The third kappa shape index (κ3) is 2.94. The van der Waals surface area contributed by atoms with E-state index in [9.17, 15) is 19.5 Å². The monoisotopic (exact) mass is 360 g/mol. The number of carbonyl (C=O) groups excluding carboxylic acids is 1. The van der Waals surface area contributed by atoms with Gasteiger partial charge >= 0.3 is 5.97 Å². The highest BCUT2D eigenvalue weighted by molar-refractivity contribution is 7.19. The summed E-state index contributed by atoms with van der Waals surface area (Å²) in [4.78, 5) is 36.2. The van der Waals surface area contributed by atoms with E-state index < -0.39 is 23.1 Å². The van der Waals surface area contributed by atoms with Crippen LogP contribution in [0.15, 0.2) is 29.1 Å². The average molecular weight is 360 g/mol. The second kappa shape index (κ2) is 6.32. The van der Waals surface area contributed by atoms with Gasteiger partial charge in [0.05, 0.1) is 7.11 Å². The van der Waals surface area contributed by atoms with E-state index in [1.807, 2.05) is 0 Å². The number of ether oxygens (including phenoxy) is 1. The van der Waals surface area contributed by atoms with Crippen molar-refractivity contribution in [2.45, 2.75) is 6.92 Å². The number of rotatable bonds is 4. The number of nitrogens with one attached hydrogen (secondary N) is 1. The molecule has 10 heteroatoms. The number of hydrogen-bond donors (Lipinski definition) is 2. The van der Waals surface area contributed by atoms with Gasteiger partial charge in [-0.25, -0.2) is 9.20 Å². The molecule has 0 bridgehead atoms. The number of amides is 1. The maximum Gasteiger partial charge on any atom is 0.354 e. The van der Waals surface area contributed by atoms with Gasteiger partial charge in [0.1, 0.15) is 16.3 Å². The average Bonchev–Trinajstić information content (AvgIpc) is 2.99. The molecule has 3 aromatic rings. The molecule has 1 amide bonds. The number of thiazole rings is 1. The Morgan fingerprint density at radius 3 is 2.52 bits per heavy atom. The van der Waals surface area contributed by atoms with E-state index in [0.717, 1.165) is 15.7 Å². The number of nitrogens with zero attached hydrogens (tertiary/aromatic N) is 3. The minimum atomic E-state index is -1.40. The van der Waals surface area contributed by atoms with Crippen LogP contribution in [-0.2, 0) is 0 Å². The number of aromatic nitrogens is 3. The van der Waals surface area contributed by atoms with Crippen LogP contribution >= 0.6 is 11.3 Å². The maximum absolute atomic E-state index is 12.5. The van der Waals surface area contributed by atoms with Gasteiger partial charge in [0, 0.05) is 5.69 Å². The predicted octanol–water partition coefficient (Wildman–Crippen LogP) is 1.42. The van der Waals surface area contributed by atoms with E-state index in [1.54, 1.807) is 24.3 Å². The molecule has 0 fully saturated rings. The Labute approximate surface area is 144 Å². The summed E-state index contributed by atoms with van der Waals surface area (Å²) in [5, 5.41) is 19.5. The van der Waals surface area contributed by atoms with Crippen LogP contribution in [0.1, 0.15) is 25.9 Å². The van der Waals surface area contributed by atoms with Crippen LogP contribution in [-0.4, -0.2) is 38.7 Å². The minimum absolute atomic E-state index is 0.0351. The lowest BCUT2D eigenvalue weighted by atomic mass is 10.3. The van der Waals surface area contributed by atoms with Crippen molar-refractivity contribution in [3.8, 4) is 5.75 Å². The number of benzene rings is 1. The zero-order valence-electron chi connectivity index (χ0n) is 13.1. The summed E-state index contributed by atoms with van der Waals surface area (Å²) in [6.45, 7) is 1.42. The number of fused-ring (bicyclic) bond motifs is 1. The van der Waals surface area contributed by atoms with Gasteiger partial charge in [-0.15, -0.1) is 10.2 Å². The lowest BCUT2D eigenvalue weighted by Crippen LogP contribution is -2.23. The van der Waals surface area contributed by atoms with Crippen molar-refractivity contribution in [2.75, 3.05) is 12.4 Å². The van der Waals surface area contributed by atoms with Crippen LogP contribution in [0.25, 0.3) is 4.96 Å². The first kappa shape index (κ1) is 16.6. The summed E-state index contributed by atoms with van der Waals surface area (Å²) in [6, 6.07) is 6.52. The number of aryl methyl sites for hydroxylation is 1. The first-order valence-corrected chi connectivity index (χ1v) is 7.81. The van der Waals surface area contributed by atoms with Crippen molar-refractivity contribution in [3.05, 3.63) is 50.9 Å². The number of methoxy groups -OCH3 is 1. The fourth-order valence-corrected chi connectivity index (χ4v) is 3.12. The molecule has 0 unspecified atom stereocenters. The predicted molar refractivity (Wildman–Crippen MR) is 89.8 cm³/mol. The summed E-state index contributed by atoms with van der Waals surface area (Å²) in [7, 11) is 1.52. The van der Waals surface area contributed by atoms with Crippen LogP contribution in [0.2, 0.25) is 0 Å². The third-order valence-electron chi connectivity index (χ3n) is 3.38. The van der Waals surface area contributed by atoms with Gasteiger partial charge < -0.3 is 15.2 Å². The molecule has 0 aliphatic heterocycles. The molecule has 2 N–H and O–H groups in total. The van der Waals surface area contributed by atoms with Gasteiger partial charge in [0.25, 0.3) is 11.5 Å². The van der Waals surface area contributed by atoms with Gasteiger partial charge in [-0.1, -0.05) is 11.3 Å². The molecule has 0 spiro atoms. The highest BCUT2D eigenvalue weighted by Crippen LogP contribution is 2.23. The fraction of sp³-hybridized carbons (Fsp3) is 0.133. The second-order valence-electron chi connectivity index (χ2n) is 4.98. The number of aromatic carboxylic acids is 1. The van der Waals surface area contributed by atoms with E-state index >= 15 is 0 Å². The van der Waals surface area contributed by atoms with E-state index in [1.165, 1.54) is 14.0 Å². The molecule has 0 aliphatic carbocycles. The zero-order valence-corrected chi connectivity index (χ0v) is 14.0. The normalized spacial score (nSPS) is 10.6. The van der Waals surface area contributed by atoms with Crippen molar-refractivity contribution in [3.63, 3.8) is 0 Å². The molecule has 128 valence electrons. The first-order valence-electron chi connectivity index (χ1n) is 7.00. The lowest BCUT2D eigenvalue weighted by Gasteiger charge is -2.05. The molecule has 25 heavy (non-hydrogen) atoms. The first-order chi connectivity index (χ1) is 11.9. The SMILES string of the molecule is COc1ccc(NC(=O)c2sc3nnc(C)c(=O)n3c2C(=O)O)cc1. The quantitative estimate of drug-likeness (QED) is 0.721. The molecule has 0 atom stereocenters. The standard InChI is InChI=1S/C15H12N4O5S/c1-7-13(21)19-10(14(22)23)11(25-15(19)18-17-7)12(20)16-8-3-5-9(24-2)6-4-8/h3-6H,1-2H3,(H,16,20)(H,22,23). The van der Waals surface area contributed by atoms with Crippen molar-refractivity contribution < 1.29 is 19.4 Å². The van der Waals surface area contributed by atoms with E-state index in [2.05, 4.69) is 15.5 Å². The molecule has 3 rings (SSSR count). The van der Waals surface area contributed by atoms with Gasteiger partial charge in [-0.3, -0.25) is 9.59 Å². The summed E-state index contributed by atoms with van der Waals surface area (Å²) in [6.07, 6.45) is 0. The Hall–Kier alpha value is -3.27. The molecule has 1 aromatic carbocycles. The third-order valence-corrected chi connectivity index (χ3v) is 4.41. The Morgan fingerprint density at radius 1 is 1.24 bits per heavy atom. The summed E-state index contributed by atoms with van der Waals surface area (Å²) in [5.41, 5.74) is -0.565. The van der Waals surface area contributed by atoms with Gasteiger partial charge in [-0.2, -0.15) is 0 Å². The Bertz CT molecular complexity index is 1040. The minimum Gasteiger partial charge on any atom is -0.497 e. The highest BCUT2D eigenvalue weighted by Gasteiger charge is 2.26. The molecular formula is C15H12N4O5S. The van der Waals surface area contributed by atoms with E-state index in [4.69, 9.17) is 4.74 Å². The van der Waals surface area contributed by atoms with Crippen molar-refractivity contribution in [2.24, 2.45) is 0 Å². The number of carbonyl (C=O) groups is 2. The largest absolute Gasteiger partial charge is 0.497 e. The van der Waals surface area contributed by atoms with Crippen molar-refractivity contribution in [1.29, 1.82) is 0 Å². The smallest absolute Gasteiger partial charge is 0.354 e. The topological polar surface area (TPSA) is 123 Å². The Balaban J connectivity index is 2.06.